The van der Waals surface area contributed by atoms with Crippen LogP contribution in [-0.4, -0.2) is 28.9 Å². The summed E-state index contributed by atoms with van der Waals surface area (Å²) < 4.78 is 6.98. The summed E-state index contributed by atoms with van der Waals surface area (Å²) >= 11 is 0. The summed E-state index contributed by atoms with van der Waals surface area (Å²) in [5, 5.41) is 4.26. The van der Waals surface area contributed by atoms with Crippen molar-refractivity contribution in [2.45, 2.75) is 20.0 Å². The van der Waals surface area contributed by atoms with Gasteiger partial charge in [0.1, 0.15) is 5.82 Å². The minimum atomic E-state index is -0.265. The van der Waals surface area contributed by atoms with Crippen LogP contribution in [0.25, 0.3) is 0 Å². The van der Waals surface area contributed by atoms with Crippen molar-refractivity contribution in [2.75, 3.05) is 18.1 Å². The van der Waals surface area contributed by atoms with Gasteiger partial charge in [-0.3, -0.25) is 0 Å². The average Bonchev–Trinajstić information content (AvgIpc) is 3.05. The molecule has 2 aromatic rings. The number of ether oxygens (including phenoxy) is 1. The molecule has 20 heavy (non-hydrogen) atoms. The maximum absolute atomic E-state index is 11.6. The van der Waals surface area contributed by atoms with Crippen molar-refractivity contribution in [1.29, 1.82) is 0 Å². The van der Waals surface area contributed by atoms with Crippen molar-refractivity contribution in [3.05, 3.63) is 47.7 Å². The largest absolute Gasteiger partial charge is 0.462 e. The minimum absolute atomic E-state index is 0.265. The number of aromatic nitrogens is 2. The highest BCUT2D eigenvalue weighted by molar-refractivity contribution is 5.89. The Hall–Kier alpha value is -2.30. The lowest BCUT2D eigenvalue weighted by atomic mass is 10.1. The number of anilines is 1. The molecule has 0 atom stereocenters. The van der Waals surface area contributed by atoms with Gasteiger partial charge < -0.3 is 9.64 Å². The van der Waals surface area contributed by atoms with Gasteiger partial charge in [-0.25, -0.2) is 9.48 Å². The molecule has 1 aromatic heterocycles. The zero-order valence-corrected chi connectivity index (χ0v) is 11.5. The van der Waals surface area contributed by atoms with E-state index in [0.29, 0.717) is 12.2 Å². The van der Waals surface area contributed by atoms with E-state index < -0.39 is 0 Å². The van der Waals surface area contributed by atoms with Crippen molar-refractivity contribution in [3.63, 3.8) is 0 Å². The molecule has 104 valence electrons. The summed E-state index contributed by atoms with van der Waals surface area (Å²) in [5.41, 5.74) is 1.77. The standard InChI is InChI=1S/C15H17N3O2/c1-2-20-15(19)13-5-3-12(4-6-13)11-17-9-10-18-14(17)7-8-16-18/h3-8H,2,9-11H2,1H3. The summed E-state index contributed by atoms with van der Waals surface area (Å²) in [6, 6.07) is 9.62. The van der Waals surface area contributed by atoms with Crippen LogP contribution in [0.3, 0.4) is 0 Å². The topological polar surface area (TPSA) is 47.4 Å². The highest BCUT2D eigenvalue weighted by atomic mass is 16.5. The van der Waals surface area contributed by atoms with E-state index >= 15 is 0 Å². The SMILES string of the molecule is CCOC(=O)c1ccc(CN2CCn3nccc32)cc1. The number of hydrogen-bond donors (Lipinski definition) is 0. The summed E-state index contributed by atoms with van der Waals surface area (Å²) in [6.07, 6.45) is 1.82. The molecule has 5 heteroatoms. The summed E-state index contributed by atoms with van der Waals surface area (Å²) in [4.78, 5) is 13.9. The van der Waals surface area contributed by atoms with E-state index in [-0.39, 0.29) is 5.97 Å². The van der Waals surface area contributed by atoms with Crippen LogP contribution in [0.4, 0.5) is 5.82 Å². The van der Waals surface area contributed by atoms with E-state index in [9.17, 15) is 4.79 Å². The van der Waals surface area contributed by atoms with Crippen LogP contribution < -0.4 is 4.90 Å². The predicted octanol–water partition coefficient (Wildman–Crippen LogP) is 2.08. The number of carbonyl (C=O) groups is 1. The molecule has 1 aliphatic heterocycles. The van der Waals surface area contributed by atoms with Gasteiger partial charge in [0.05, 0.1) is 24.9 Å². The highest BCUT2D eigenvalue weighted by Gasteiger charge is 2.19. The molecular weight excluding hydrogens is 254 g/mol. The third-order valence-corrected chi connectivity index (χ3v) is 3.44. The smallest absolute Gasteiger partial charge is 0.338 e. The van der Waals surface area contributed by atoms with Crippen LogP contribution in [-0.2, 0) is 17.8 Å². The third kappa shape index (κ3) is 2.39. The normalized spacial score (nSPS) is 13.3. The molecule has 0 N–H and O–H groups in total. The first-order valence-corrected chi connectivity index (χ1v) is 6.81. The first kappa shape index (κ1) is 12.7. The second kappa shape index (κ2) is 5.36. The molecule has 0 spiro atoms. The molecule has 1 aliphatic rings. The maximum Gasteiger partial charge on any atom is 0.338 e. The van der Waals surface area contributed by atoms with Gasteiger partial charge in [0.2, 0.25) is 0 Å². The van der Waals surface area contributed by atoms with Gasteiger partial charge in [-0.2, -0.15) is 5.10 Å². The molecule has 0 unspecified atom stereocenters. The minimum Gasteiger partial charge on any atom is -0.462 e. The Morgan fingerprint density at radius 3 is 2.80 bits per heavy atom. The van der Waals surface area contributed by atoms with Crippen LogP contribution in [0.2, 0.25) is 0 Å². The molecule has 0 radical (unpaired) electrons. The van der Waals surface area contributed by atoms with Gasteiger partial charge in [-0.05, 0) is 24.6 Å². The molecule has 1 aromatic carbocycles. The van der Waals surface area contributed by atoms with Crippen molar-refractivity contribution in [3.8, 4) is 0 Å². The second-order valence-electron chi connectivity index (χ2n) is 4.75. The quantitative estimate of drug-likeness (QED) is 0.799. The van der Waals surface area contributed by atoms with E-state index in [2.05, 4.69) is 10.00 Å². The Kier molecular flexibility index (Phi) is 3.41. The number of rotatable bonds is 4. The van der Waals surface area contributed by atoms with Gasteiger partial charge in [-0.1, -0.05) is 12.1 Å². The Morgan fingerprint density at radius 2 is 2.05 bits per heavy atom. The maximum atomic E-state index is 11.6. The van der Waals surface area contributed by atoms with E-state index in [4.69, 9.17) is 4.74 Å². The fourth-order valence-electron chi connectivity index (χ4n) is 2.44. The number of nitrogens with zero attached hydrogens (tertiary/aromatic N) is 3. The molecule has 2 heterocycles. The monoisotopic (exact) mass is 271 g/mol. The van der Waals surface area contributed by atoms with Gasteiger partial charge in [-0.15, -0.1) is 0 Å². The summed E-state index contributed by atoms with van der Waals surface area (Å²) in [5.74, 6) is 0.887. The van der Waals surface area contributed by atoms with E-state index in [0.717, 1.165) is 25.5 Å². The highest BCUT2D eigenvalue weighted by Crippen LogP contribution is 2.22. The van der Waals surface area contributed by atoms with Gasteiger partial charge in [0.15, 0.2) is 0 Å². The van der Waals surface area contributed by atoms with Crippen LogP contribution in [0.1, 0.15) is 22.8 Å². The van der Waals surface area contributed by atoms with Gasteiger partial charge in [0, 0.05) is 19.2 Å². The van der Waals surface area contributed by atoms with E-state index in [1.807, 2.05) is 48.1 Å². The van der Waals surface area contributed by atoms with E-state index in [1.165, 1.54) is 5.56 Å². The Bertz CT molecular complexity index is 604. The fraction of sp³-hybridized carbons (Fsp3) is 0.333. The lowest BCUT2D eigenvalue weighted by molar-refractivity contribution is 0.0526. The molecular formula is C15H17N3O2. The van der Waals surface area contributed by atoms with Crippen LogP contribution >= 0.6 is 0 Å². The zero-order chi connectivity index (χ0) is 13.9. The number of esters is 1. The molecule has 0 aliphatic carbocycles. The first-order chi connectivity index (χ1) is 9.78. The molecule has 3 rings (SSSR count). The Labute approximate surface area is 117 Å². The molecule has 0 fully saturated rings. The van der Waals surface area contributed by atoms with E-state index in [1.54, 1.807) is 0 Å². The predicted molar refractivity (Wildman–Crippen MR) is 75.7 cm³/mol. The first-order valence-electron chi connectivity index (χ1n) is 6.81. The molecule has 0 bridgehead atoms. The molecule has 0 amide bonds. The molecule has 5 nitrogen and oxygen atoms in total. The van der Waals surface area contributed by atoms with Crippen LogP contribution in [0.5, 0.6) is 0 Å². The van der Waals surface area contributed by atoms with Gasteiger partial charge >= 0.3 is 5.97 Å². The van der Waals surface area contributed by atoms with Crippen molar-refractivity contribution < 1.29 is 9.53 Å². The number of hydrogen-bond acceptors (Lipinski definition) is 4. The van der Waals surface area contributed by atoms with Crippen molar-refractivity contribution in [1.82, 2.24) is 9.78 Å². The van der Waals surface area contributed by atoms with Crippen molar-refractivity contribution >= 4 is 11.8 Å². The molecule has 0 saturated heterocycles. The lowest BCUT2D eigenvalue weighted by Gasteiger charge is -2.16. The fourth-order valence-corrected chi connectivity index (χ4v) is 2.44. The lowest BCUT2D eigenvalue weighted by Crippen LogP contribution is -2.19. The second-order valence-corrected chi connectivity index (χ2v) is 4.75. The Morgan fingerprint density at radius 1 is 1.25 bits per heavy atom. The van der Waals surface area contributed by atoms with Crippen LogP contribution in [0.15, 0.2) is 36.5 Å². The summed E-state index contributed by atoms with van der Waals surface area (Å²) in [7, 11) is 0. The third-order valence-electron chi connectivity index (χ3n) is 3.44. The number of carbonyl (C=O) groups excluding carboxylic acids is 1. The van der Waals surface area contributed by atoms with Gasteiger partial charge in [0.25, 0.3) is 0 Å². The number of benzene rings is 1. The van der Waals surface area contributed by atoms with Crippen molar-refractivity contribution in [2.24, 2.45) is 0 Å². The zero-order valence-electron chi connectivity index (χ0n) is 11.5. The Balaban J connectivity index is 1.69. The van der Waals surface area contributed by atoms with Crippen LogP contribution in [0, 0.1) is 0 Å². The molecule has 0 saturated carbocycles. The average molecular weight is 271 g/mol. The number of fused-ring (bicyclic) bond motifs is 1. The summed E-state index contributed by atoms with van der Waals surface area (Å²) in [6.45, 7) is 4.95.